The van der Waals surface area contributed by atoms with Crippen LogP contribution in [0.1, 0.15) is 71.6 Å². The number of carbonyl (C=O) groups excluding carboxylic acids is 2. The third-order valence-electron chi connectivity index (χ3n) is 8.29. The molecule has 28 heavy (non-hydrogen) atoms. The van der Waals surface area contributed by atoms with Crippen LogP contribution in [0, 0.1) is 22.7 Å². The van der Waals surface area contributed by atoms with Crippen molar-refractivity contribution in [3.05, 3.63) is 23.3 Å². The second kappa shape index (κ2) is 7.66. The normalized spacial score (nSPS) is 39.4. The second-order valence-electron chi connectivity index (χ2n) is 9.49. The fourth-order valence-corrected chi connectivity index (χ4v) is 7.33. The number of hydrogen-bond donors (Lipinski definition) is 0. The number of ether oxygens (including phenoxy) is 1. The van der Waals surface area contributed by atoms with Crippen molar-refractivity contribution in [2.45, 2.75) is 77.7 Å². The van der Waals surface area contributed by atoms with E-state index in [4.69, 9.17) is 4.74 Å². The molecule has 0 aromatic rings. The van der Waals surface area contributed by atoms with Gasteiger partial charge >= 0.3 is 5.97 Å². The summed E-state index contributed by atoms with van der Waals surface area (Å²) in [5.41, 5.74) is 3.25. The third kappa shape index (κ3) is 3.11. The summed E-state index contributed by atoms with van der Waals surface area (Å²) in [6.07, 6.45) is 15.5. The van der Waals surface area contributed by atoms with Crippen LogP contribution in [0.3, 0.4) is 0 Å². The molecule has 154 valence electrons. The quantitative estimate of drug-likeness (QED) is 0.450. The predicted octanol–water partition coefficient (Wildman–Crippen LogP) is 5.49. The summed E-state index contributed by atoms with van der Waals surface area (Å²) in [6, 6.07) is 0. The van der Waals surface area contributed by atoms with Gasteiger partial charge in [-0.3, -0.25) is 9.59 Å². The molecule has 0 spiro atoms. The van der Waals surface area contributed by atoms with Gasteiger partial charge in [-0.05, 0) is 74.9 Å². The van der Waals surface area contributed by atoms with Crippen molar-refractivity contribution >= 4 is 23.5 Å². The van der Waals surface area contributed by atoms with Gasteiger partial charge in [-0.15, -0.1) is 0 Å². The molecule has 4 aliphatic rings. The lowest BCUT2D eigenvalue weighted by Gasteiger charge is -2.54. The maximum atomic E-state index is 12.2. The third-order valence-corrected chi connectivity index (χ3v) is 8.90. The average molecular weight is 403 g/mol. The Morgan fingerprint density at radius 3 is 2.86 bits per heavy atom. The molecule has 4 aliphatic carbocycles. The molecule has 0 unspecified atom stereocenters. The van der Waals surface area contributed by atoms with Gasteiger partial charge in [0.25, 0.3) is 0 Å². The maximum Gasteiger partial charge on any atom is 0.305 e. The summed E-state index contributed by atoms with van der Waals surface area (Å²) >= 11 is 1.92. The van der Waals surface area contributed by atoms with Crippen LogP contribution in [-0.4, -0.2) is 29.9 Å². The van der Waals surface area contributed by atoms with Gasteiger partial charge in [-0.25, -0.2) is 0 Å². The van der Waals surface area contributed by atoms with Gasteiger partial charge in [0.05, 0.1) is 0 Å². The van der Waals surface area contributed by atoms with E-state index in [0.29, 0.717) is 30.5 Å². The van der Waals surface area contributed by atoms with Gasteiger partial charge in [0.2, 0.25) is 0 Å². The molecule has 0 aromatic heterocycles. The molecule has 0 saturated heterocycles. The summed E-state index contributed by atoms with van der Waals surface area (Å²) in [5, 5.41) is 0. The van der Waals surface area contributed by atoms with Crippen molar-refractivity contribution < 1.29 is 14.3 Å². The first-order chi connectivity index (χ1) is 13.4. The number of fused-ring (bicyclic) bond motifs is 5. The zero-order valence-corrected chi connectivity index (χ0v) is 18.4. The van der Waals surface area contributed by atoms with Crippen molar-refractivity contribution in [3.8, 4) is 0 Å². The lowest BCUT2D eigenvalue weighted by atomic mass is 9.50. The molecular weight excluding hydrogens is 368 g/mol. The van der Waals surface area contributed by atoms with Crippen LogP contribution >= 0.6 is 11.8 Å². The highest BCUT2D eigenvalue weighted by atomic mass is 32.2. The Hall–Kier alpha value is -1.03. The van der Waals surface area contributed by atoms with Crippen LogP contribution in [0.2, 0.25) is 0 Å². The molecule has 5 atom stereocenters. The maximum absolute atomic E-state index is 12.2. The largest absolute Gasteiger partial charge is 0.462 e. The van der Waals surface area contributed by atoms with E-state index in [1.807, 2.05) is 24.8 Å². The molecule has 2 saturated carbocycles. The lowest BCUT2D eigenvalue weighted by Crippen LogP contribution is -2.47. The molecule has 0 N–H and O–H groups in total. The molecule has 0 aromatic carbocycles. The highest BCUT2D eigenvalue weighted by molar-refractivity contribution is 7.98. The molecule has 0 heterocycles. The van der Waals surface area contributed by atoms with Crippen molar-refractivity contribution in [3.63, 3.8) is 0 Å². The number of hydrogen-bond acceptors (Lipinski definition) is 4. The molecular formula is C24H34O3S. The van der Waals surface area contributed by atoms with Gasteiger partial charge in [-0.1, -0.05) is 31.1 Å². The highest BCUT2D eigenvalue weighted by Gasteiger charge is 2.57. The molecule has 4 heteroatoms. The number of allylic oxidation sites excluding steroid dienone is 4. The van der Waals surface area contributed by atoms with E-state index in [1.165, 1.54) is 5.57 Å². The summed E-state index contributed by atoms with van der Waals surface area (Å²) in [5.74, 6) is 2.61. The Bertz CT molecular complexity index is 723. The number of ketones is 1. The van der Waals surface area contributed by atoms with Crippen LogP contribution in [0.25, 0.3) is 0 Å². The van der Waals surface area contributed by atoms with Crippen LogP contribution < -0.4 is 0 Å². The van der Waals surface area contributed by atoms with E-state index >= 15 is 0 Å². The smallest absolute Gasteiger partial charge is 0.305 e. The van der Waals surface area contributed by atoms with Crippen molar-refractivity contribution in [2.75, 3.05) is 12.0 Å². The Balaban J connectivity index is 1.68. The first kappa shape index (κ1) is 20.3. The van der Waals surface area contributed by atoms with E-state index in [9.17, 15) is 9.59 Å². The Kier molecular flexibility index (Phi) is 5.54. The number of esters is 1. The zero-order chi connectivity index (χ0) is 19.9. The van der Waals surface area contributed by atoms with Gasteiger partial charge in [-0.2, -0.15) is 11.8 Å². The van der Waals surface area contributed by atoms with E-state index in [-0.39, 0.29) is 22.9 Å². The minimum absolute atomic E-state index is 0.0576. The van der Waals surface area contributed by atoms with Crippen molar-refractivity contribution in [1.29, 1.82) is 0 Å². The minimum atomic E-state index is -0.0576. The Labute approximate surface area is 173 Å². The lowest BCUT2D eigenvalue weighted by molar-refractivity contribution is -0.155. The van der Waals surface area contributed by atoms with E-state index in [0.717, 1.165) is 50.7 Å². The molecule has 2 fully saturated rings. The first-order valence-electron chi connectivity index (χ1n) is 11.1. The minimum Gasteiger partial charge on any atom is -0.462 e. The summed E-state index contributed by atoms with van der Waals surface area (Å²) in [4.78, 5) is 24.1. The number of thioether (sulfide) groups is 1. The predicted molar refractivity (Wildman–Crippen MR) is 114 cm³/mol. The summed E-state index contributed by atoms with van der Waals surface area (Å²) in [6.45, 7) is 4.24. The molecule has 0 radical (unpaired) electrons. The fourth-order valence-electron chi connectivity index (χ4n) is 6.77. The van der Waals surface area contributed by atoms with Crippen LogP contribution in [0.15, 0.2) is 23.3 Å². The average Bonchev–Trinajstić information content (AvgIpc) is 3.02. The standard InChI is InChI=1S/C24H34O3S/c1-4-22(26)27-21-8-7-19-18-6-5-16-15-17(25)9-12-24(16,13-14-28-3)20(18)10-11-23(19,21)2/h10,15,18-19,21H,4-9,11-14H2,1-3H3/t18-,19-,21-,23-,24+/m0/s1. The SMILES string of the molecule is CCC(=O)O[C@H]1CC[C@H]2[C@@H]3CCC4=CC(=O)CC[C@]4(CCSC)C3=CC[C@]12C. The second-order valence-corrected chi connectivity index (χ2v) is 10.5. The number of carbonyl (C=O) groups is 2. The van der Waals surface area contributed by atoms with Crippen molar-refractivity contribution in [1.82, 2.24) is 0 Å². The van der Waals surface area contributed by atoms with Gasteiger partial charge < -0.3 is 4.74 Å². The van der Waals surface area contributed by atoms with E-state index in [1.54, 1.807) is 5.57 Å². The van der Waals surface area contributed by atoms with Crippen molar-refractivity contribution in [2.24, 2.45) is 22.7 Å². The van der Waals surface area contributed by atoms with Gasteiger partial charge in [0.1, 0.15) is 6.10 Å². The van der Waals surface area contributed by atoms with Crippen LogP contribution in [0.4, 0.5) is 0 Å². The molecule has 0 amide bonds. The van der Waals surface area contributed by atoms with Gasteiger partial charge in [0, 0.05) is 23.7 Å². The summed E-state index contributed by atoms with van der Waals surface area (Å²) in [7, 11) is 0. The van der Waals surface area contributed by atoms with E-state index in [2.05, 4.69) is 19.3 Å². The van der Waals surface area contributed by atoms with Crippen LogP contribution in [-0.2, 0) is 14.3 Å². The molecule has 3 nitrogen and oxygen atoms in total. The topological polar surface area (TPSA) is 43.4 Å². The van der Waals surface area contributed by atoms with Gasteiger partial charge in [0.15, 0.2) is 5.78 Å². The Morgan fingerprint density at radius 1 is 1.29 bits per heavy atom. The zero-order valence-electron chi connectivity index (χ0n) is 17.6. The summed E-state index contributed by atoms with van der Waals surface area (Å²) < 4.78 is 5.90. The monoisotopic (exact) mass is 402 g/mol. The van der Waals surface area contributed by atoms with E-state index < -0.39 is 0 Å². The molecule has 4 rings (SSSR count). The Morgan fingerprint density at radius 2 is 2.11 bits per heavy atom. The number of rotatable bonds is 5. The highest BCUT2D eigenvalue weighted by Crippen LogP contribution is 2.64. The van der Waals surface area contributed by atoms with Crippen LogP contribution in [0.5, 0.6) is 0 Å². The first-order valence-corrected chi connectivity index (χ1v) is 12.5. The fraction of sp³-hybridized carbons (Fsp3) is 0.750. The molecule has 0 aliphatic heterocycles. The molecule has 0 bridgehead atoms.